The predicted octanol–water partition coefficient (Wildman–Crippen LogP) is 1.08. The lowest BCUT2D eigenvalue weighted by Gasteiger charge is -2.11. The Morgan fingerprint density at radius 1 is 1.47 bits per heavy atom. The highest BCUT2D eigenvalue weighted by atomic mass is 19.4. The molecule has 2 heterocycles. The van der Waals surface area contributed by atoms with Crippen LogP contribution in [0, 0.1) is 0 Å². The van der Waals surface area contributed by atoms with E-state index in [0.29, 0.717) is 12.5 Å². The molecule has 2 N–H and O–H groups in total. The molecule has 0 spiro atoms. The van der Waals surface area contributed by atoms with Crippen molar-refractivity contribution in [2.45, 2.75) is 31.5 Å². The highest BCUT2D eigenvalue weighted by molar-refractivity contribution is 5.07. The molecule has 0 bridgehead atoms. The molecule has 17 heavy (non-hydrogen) atoms. The minimum Gasteiger partial charge on any atom is -0.314 e. The van der Waals surface area contributed by atoms with Gasteiger partial charge < -0.3 is 10.3 Å². The Labute approximate surface area is 95.3 Å². The molecule has 4 nitrogen and oxygen atoms in total. The van der Waals surface area contributed by atoms with E-state index >= 15 is 0 Å². The van der Waals surface area contributed by atoms with Gasteiger partial charge in [0.05, 0.1) is 0 Å². The van der Waals surface area contributed by atoms with E-state index in [1.54, 1.807) is 0 Å². The monoisotopic (exact) mass is 247 g/mol. The molecule has 0 saturated carbocycles. The largest absolute Gasteiger partial charge is 0.433 e. The number of aromatic amines is 1. The van der Waals surface area contributed by atoms with Gasteiger partial charge in [0.25, 0.3) is 5.56 Å². The van der Waals surface area contributed by atoms with Gasteiger partial charge in [0.1, 0.15) is 5.82 Å². The summed E-state index contributed by atoms with van der Waals surface area (Å²) in [7, 11) is 0. The van der Waals surface area contributed by atoms with Crippen molar-refractivity contribution in [2.75, 3.05) is 6.54 Å². The molecule has 1 aromatic heterocycles. The van der Waals surface area contributed by atoms with E-state index in [0.717, 1.165) is 19.4 Å². The number of nitrogens with zero attached hydrogens (tertiary/aromatic N) is 1. The Morgan fingerprint density at radius 3 is 2.82 bits per heavy atom. The molecule has 0 amide bonds. The molecule has 2 rings (SSSR count). The summed E-state index contributed by atoms with van der Waals surface area (Å²) in [6, 6.07) is 0.576. The van der Waals surface area contributed by atoms with E-state index in [1.807, 2.05) is 0 Å². The van der Waals surface area contributed by atoms with Gasteiger partial charge in [-0.3, -0.25) is 4.79 Å². The summed E-state index contributed by atoms with van der Waals surface area (Å²) >= 11 is 0. The van der Waals surface area contributed by atoms with Gasteiger partial charge in [-0.1, -0.05) is 0 Å². The van der Waals surface area contributed by atoms with Gasteiger partial charge >= 0.3 is 6.18 Å². The molecule has 0 aliphatic carbocycles. The zero-order valence-corrected chi connectivity index (χ0v) is 8.97. The molecule has 94 valence electrons. The topological polar surface area (TPSA) is 57.8 Å². The maximum absolute atomic E-state index is 12.4. The summed E-state index contributed by atoms with van der Waals surface area (Å²) in [5, 5.41) is 3.14. The van der Waals surface area contributed by atoms with Gasteiger partial charge in [0, 0.05) is 18.5 Å². The van der Waals surface area contributed by atoms with E-state index in [9.17, 15) is 18.0 Å². The molecule has 0 aromatic carbocycles. The molecule has 1 fully saturated rings. The Balaban J connectivity index is 2.22. The number of rotatable bonds is 2. The lowest BCUT2D eigenvalue weighted by Crippen LogP contribution is -2.27. The van der Waals surface area contributed by atoms with Crippen molar-refractivity contribution in [3.63, 3.8) is 0 Å². The number of H-pyrrole nitrogens is 1. The predicted molar refractivity (Wildman–Crippen MR) is 54.6 cm³/mol. The van der Waals surface area contributed by atoms with Gasteiger partial charge in [-0.05, 0) is 19.4 Å². The van der Waals surface area contributed by atoms with Gasteiger partial charge in [-0.2, -0.15) is 13.2 Å². The Hall–Kier alpha value is -1.37. The first-order chi connectivity index (χ1) is 7.95. The standard InChI is InChI=1S/C10H12F3N3O/c11-10(12,13)7-5-9(17)16-8(15-7)4-6-2-1-3-14-6/h5-6,14H,1-4H2,(H,15,16,17). The van der Waals surface area contributed by atoms with Crippen molar-refractivity contribution in [1.29, 1.82) is 0 Å². The van der Waals surface area contributed by atoms with Crippen molar-refractivity contribution in [2.24, 2.45) is 0 Å². The molecular weight excluding hydrogens is 235 g/mol. The van der Waals surface area contributed by atoms with Crippen LogP contribution in [-0.4, -0.2) is 22.6 Å². The first-order valence-electron chi connectivity index (χ1n) is 5.36. The number of hydrogen-bond acceptors (Lipinski definition) is 3. The average Bonchev–Trinajstić information content (AvgIpc) is 2.68. The van der Waals surface area contributed by atoms with Crippen LogP contribution in [-0.2, 0) is 12.6 Å². The second-order valence-electron chi connectivity index (χ2n) is 4.07. The summed E-state index contributed by atoms with van der Waals surface area (Å²) in [6.07, 6.45) is -2.38. The first-order valence-corrected chi connectivity index (χ1v) is 5.36. The van der Waals surface area contributed by atoms with E-state index in [1.165, 1.54) is 0 Å². The SMILES string of the molecule is O=c1cc(C(F)(F)F)nc(CC2CCCN2)[nH]1. The van der Waals surface area contributed by atoms with Crippen LogP contribution in [0.2, 0.25) is 0 Å². The van der Waals surface area contributed by atoms with Crippen LogP contribution in [0.15, 0.2) is 10.9 Å². The molecule has 1 aliphatic rings. The molecule has 1 unspecified atom stereocenters. The third kappa shape index (κ3) is 3.06. The average molecular weight is 247 g/mol. The lowest BCUT2D eigenvalue weighted by atomic mass is 10.1. The molecule has 1 atom stereocenters. The minimum atomic E-state index is -4.58. The zero-order valence-electron chi connectivity index (χ0n) is 8.97. The number of halogens is 3. The molecule has 1 aliphatic heterocycles. The van der Waals surface area contributed by atoms with Gasteiger partial charge in [-0.25, -0.2) is 4.98 Å². The van der Waals surface area contributed by atoms with Crippen molar-refractivity contribution in [1.82, 2.24) is 15.3 Å². The Kier molecular flexibility index (Phi) is 3.19. The summed E-state index contributed by atoms with van der Waals surface area (Å²) in [5.41, 5.74) is -1.89. The Bertz CT molecular complexity index is 449. The third-order valence-corrected chi connectivity index (χ3v) is 2.68. The second-order valence-corrected chi connectivity index (χ2v) is 4.07. The molecule has 0 radical (unpaired) electrons. The van der Waals surface area contributed by atoms with Crippen molar-refractivity contribution >= 4 is 0 Å². The lowest BCUT2D eigenvalue weighted by molar-refractivity contribution is -0.141. The Morgan fingerprint density at radius 2 is 2.24 bits per heavy atom. The second kappa shape index (κ2) is 4.48. The molecular formula is C10H12F3N3O. The maximum Gasteiger partial charge on any atom is 0.433 e. The maximum atomic E-state index is 12.4. The number of alkyl halides is 3. The number of hydrogen-bond donors (Lipinski definition) is 2. The summed E-state index contributed by atoms with van der Waals surface area (Å²) < 4.78 is 37.3. The van der Waals surface area contributed by atoms with E-state index in [2.05, 4.69) is 15.3 Å². The summed E-state index contributed by atoms with van der Waals surface area (Å²) in [6.45, 7) is 0.855. The highest BCUT2D eigenvalue weighted by Gasteiger charge is 2.33. The number of nitrogens with one attached hydrogen (secondary N) is 2. The first kappa shape index (κ1) is 12.1. The third-order valence-electron chi connectivity index (χ3n) is 2.68. The molecule has 1 saturated heterocycles. The molecule has 7 heteroatoms. The highest BCUT2D eigenvalue weighted by Crippen LogP contribution is 2.26. The number of aromatic nitrogens is 2. The fraction of sp³-hybridized carbons (Fsp3) is 0.600. The van der Waals surface area contributed by atoms with Crippen LogP contribution >= 0.6 is 0 Å². The minimum absolute atomic E-state index is 0.0872. The smallest absolute Gasteiger partial charge is 0.314 e. The van der Waals surface area contributed by atoms with Crippen LogP contribution in [0.4, 0.5) is 13.2 Å². The van der Waals surface area contributed by atoms with Crippen LogP contribution in [0.25, 0.3) is 0 Å². The van der Waals surface area contributed by atoms with Crippen molar-refractivity contribution in [3.8, 4) is 0 Å². The van der Waals surface area contributed by atoms with Crippen LogP contribution in [0.3, 0.4) is 0 Å². The normalized spacial score (nSPS) is 20.8. The molecule has 1 aromatic rings. The van der Waals surface area contributed by atoms with Crippen LogP contribution in [0.5, 0.6) is 0 Å². The fourth-order valence-electron chi connectivity index (χ4n) is 1.91. The van der Waals surface area contributed by atoms with Gasteiger partial charge in [0.2, 0.25) is 0 Å². The fourth-order valence-corrected chi connectivity index (χ4v) is 1.91. The zero-order chi connectivity index (χ0) is 12.5. The summed E-state index contributed by atoms with van der Waals surface area (Å²) in [4.78, 5) is 16.9. The quantitative estimate of drug-likeness (QED) is 0.822. The van der Waals surface area contributed by atoms with Crippen LogP contribution in [0.1, 0.15) is 24.4 Å². The van der Waals surface area contributed by atoms with E-state index < -0.39 is 17.4 Å². The van der Waals surface area contributed by atoms with Crippen LogP contribution < -0.4 is 10.9 Å². The van der Waals surface area contributed by atoms with Crippen molar-refractivity contribution < 1.29 is 13.2 Å². The van der Waals surface area contributed by atoms with E-state index in [4.69, 9.17) is 0 Å². The van der Waals surface area contributed by atoms with Gasteiger partial charge in [-0.15, -0.1) is 0 Å². The van der Waals surface area contributed by atoms with Crippen molar-refractivity contribution in [3.05, 3.63) is 27.9 Å². The van der Waals surface area contributed by atoms with Gasteiger partial charge in [0.15, 0.2) is 5.69 Å². The summed E-state index contributed by atoms with van der Waals surface area (Å²) in [5.74, 6) is 0.0872. The van der Waals surface area contributed by atoms with E-state index in [-0.39, 0.29) is 11.9 Å².